The number of amides is 1. The average Bonchev–Trinajstić information content (AvgIpc) is 2.36. The minimum Gasteiger partial charge on any atom is -0.317 e. The van der Waals surface area contributed by atoms with Crippen molar-refractivity contribution in [2.75, 3.05) is 5.32 Å². The number of anilines is 1. The largest absolute Gasteiger partial charge is 0.317 e. The van der Waals surface area contributed by atoms with Crippen LogP contribution in [0.25, 0.3) is 0 Å². The van der Waals surface area contributed by atoms with E-state index in [1.54, 1.807) is 0 Å². The van der Waals surface area contributed by atoms with Crippen molar-refractivity contribution in [2.24, 2.45) is 0 Å². The van der Waals surface area contributed by atoms with E-state index in [-0.39, 0.29) is 4.47 Å². The van der Waals surface area contributed by atoms with Crippen molar-refractivity contribution in [3.8, 4) is 0 Å². The van der Waals surface area contributed by atoms with Crippen molar-refractivity contribution in [3.63, 3.8) is 0 Å². The van der Waals surface area contributed by atoms with Crippen LogP contribution >= 0.6 is 15.9 Å². The summed E-state index contributed by atoms with van der Waals surface area (Å²) >= 11 is 2.87. The van der Waals surface area contributed by atoms with Crippen LogP contribution in [0.5, 0.6) is 0 Å². The number of pyridine rings is 1. The lowest BCUT2D eigenvalue weighted by Gasteiger charge is -2.08. The van der Waals surface area contributed by atoms with Gasteiger partial charge < -0.3 is 5.32 Å². The van der Waals surface area contributed by atoms with Gasteiger partial charge in [-0.25, -0.2) is 18.2 Å². The summed E-state index contributed by atoms with van der Waals surface area (Å²) in [7, 11) is 0. The molecule has 1 heterocycles. The van der Waals surface area contributed by atoms with Gasteiger partial charge in [-0.3, -0.25) is 4.79 Å². The molecule has 0 aliphatic rings. The Morgan fingerprint density at radius 3 is 2.35 bits per heavy atom. The summed E-state index contributed by atoms with van der Waals surface area (Å²) in [4.78, 5) is 14.7. The zero-order chi connectivity index (χ0) is 14.9. The minimum absolute atomic E-state index is 0.131. The summed E-state index contributed by atoms with van der Waals surface area (Å²) in [6, 6.07) is 2.73. The van der Waals surface area contributed by atoms with Crippen LogP contribution in [0.1, 0.15) is 10.4 Å². The van der Waals surface area contributed by atoms with E-state index in [0.29, 0.717) is 0 Å². The highest BCUT2D eigenvalue weighted by atomic mass is 79.9. The van der Waals surface area contributed by atoms with Gasteiger partial charge >= 0.3 is 0 Å². The molecule has 0 atom stereocenters. The molecule has 20 heavy (non-hydrogen) atoms. The molecule has 1 N–H and O–H groups in total. The van der Waals surface area contributed by atoms with Crippen molar-refractivity contribution in [1.82, 2.24) is 4.98 Å². The Bertz CT molecular complexity index is 670. The fourth-order valence-electron chi connectivity index (χ4n) is 1.44. The zero-order valence-corrected chi connectivity index (χ0v) is 11.1. The monoisotopic (exact) mass is 348 g/mol. The second kappa shape index (κ2) is 5.58. The number of halogens is 5. The van der Waals surface area contributed by atoms with Gasteiger partial charge in [0.05, 0.1) is 5.56 Å². The van der Waals surface area contributed by atoms with Gasteiger partial charge in [0.1, 0.15) is 5.69 Å². The highest BCUT2D eigenvalue weighted by Crippen LogP contribution is 2.24. The molecular weight excluding hydrogens is 344 g/mol. The predicted octanol–water partition coefficient (Wildman–Crippen LogP) is 3.65. The van der Waals surface area contributed by atoms with Crippen LogP contribution in [-0.4, -0.2) is 10.9 Å². The molecule has 0 spiro atoms. The van der Waals surface area contributed by atoms with Gasteiger partial charge in [0, 0.05) is 10.7 Å². The van der Waals surface area contributed by atoms with Gasteiger partial charge in [-0.1, -0.05) is 15.9 Å². The third kappa shape index (κ3) is 2.79. The maximum Gasteiger partial charge on any atom is 0.259 e. The smallest absolute Gasteiger partial charge is 0.259 e. The maximum atomic E-state index is 13.5. The number of hydrogen-bond acceptors (Lipinski definition) is 2. The van der Waals surface area contributed by atoms with E-state index in [0.717, 1.165) is 24.4 Å². The maximum absolute atomic E-state index is 13.5. The van der Waals surface area contributed by atoms with E-state index >= 15 is 0 Å². The fourth-order valence-corrected chi connectivity index (χ4v) is 1.84. The molecule has 0 saturated heterocycles. The molecule has 0 unspecified atom stereocenters. The summed E-state index contributed by atoms with van der Waals surface area (Å²) in [6.45, 7) is 0. The number of carbonyl (C=O) groups excluding carboxylic acids is 1. The van der Waals surface area contributed by atoms with E-state index in [9.17, 15) is 22.4 Å². The van der Waals surface area contributed by atoms with Crippen LogP contribution in [0.3, 0.4) is 0 Å². The second-order valence-corrected chi connectivity index (χ2v) is 4.58. The van der Waals surface area contributed by atoms with Gasteiger partial charge in [-0.2, -0.15) is 4.39 Å². The molecule has 104 valence electrons. The quantitative estimate of drug-likeness (QED) is 0.664. The van der Waals surface area contributed by atoms with Gasteiger partial charge in [0.15, 0.2) is 17.5 Å². The zero-order valence-electron chi connectivity index (χ0n) is 9.55. The molecule has 8 heteroatoms. The summed E-state index contributed by atoms with van der Waals surface area (Å²) < 4.78 is 53.3. The Morgan fingerprint density at radius 2 is 1.75 bits per heavy atom. The number of aromatic nitrogens is 1. The molecule has 0 saturated carbocycles. The third-order valence-electron chi connectivity index (χ3n) is 2.34. The standard InChI is InChI=1S/C12H5BrF4N2O/c13-5-3-7(14)10(8(15)4-5)19-12(20)6-1-2-18-11(17)9(6)16/h1-4H,(H,19,20). The molecule has 2 rings (SSSR count). The molecule has 0 aliphatic heterocycles. The van der Waals surface area contributed by atoms with E-state index in [1.807, 2.05) is 5.32 Å². The fraction of sp³-hybridized carbons (Fsp3) is 0. The molecule has 0 fully saturated rings. The number of hydrogen-bond donors (Lipinski definition) is 1. The number of rotatable bonds is 2. The van der Waals surface area contributed by atoms with Gasteiger partial charge in [0.2, 0.25) is 5.95 Å². The van der Waals surface area contributed by atoms with Gasteiger partial charge in [-0.05, 0) is 18.2 Å². The molecule has 1 amide bonds. The van der Waals surface area contributed by atoms with Crippen molar-refractivity contribution in [2.45, 2.75) is 0 Å². The highest BCUT2D eigenvalue weighted by molar-refractivity contribution is 9.10. The lowest BCUT2D eigenvalue weighted by Crippen LogP contribution is -2.17. The predicted molar refractivity (Wildman–Crippen MR) is 66.2 cm³/mol. The molecule has 1 aromatic heterocycles. The SMILES string of the molecule is O=C(Nc1c(F)cc(Br)cc1F)c1ccnc(F)c1F. The Morgan fingerprint density at radius 1 is 1.15 bits per heavy atom. The first-order chi connectivity index (χ1) is 9.40. The normalized spacial score (nSPS) is 10.4. The van der Waals surface area contributed by atoms with Gasteiger partial charge in [-0.15, -0.1) is 0 Å². The minimum atomic E-state index is -1.50. The summed E-state index contributed by atoms with van der Waals surface area (Å²) in [5, 5.41) is 1.85. The van der Waals surface area contributed by atoms with E-state index in [1.165, 1.54) is 0 Å². The van der Waals surface area contributed by atoms with Crippen LogP contribution in [0, 0.1) is 23.4 Å². The number of benzene rings is 1. The topological polar surface area (TPSA) is 42.0 Å². The van der Waals surface area contributed by atoms with Crippen LogP contribution in [-0.2, 0) is 0 Å². The Kier molecular flexibility index (Phi) is 4.03. The van der Waals surface area contributed by atoms with Crippen molar-refractivity contribution >= 4 is 27.5 Å². The summed E-state index contributed by atoms with van der Waals surface area (Å²) in [5.74, 6) is -6.28. The molecule has 3 nitrogen and oxygen atoms in total. The summed E-state index contributed by atoms with van der Waals surface area (Å²) in [5.41, 5.74) is -1.46. The van der Waals surface area contributed by atoms with E-state index in [2.05, 4.69) is 20.9 Å². The van der Waals surface area contributed by atoms with Crippen molar-refractivity contribution in [3.05, 3.63) is 57.8 Å². The first-order valence-corrected chi connectivity index (χ1v) is 5.95. The van der Waals surface area contributed by atoms with Crippen molar-refractivity contribution < 1.29 is 22.4 Å². The van der Waals surface area contributed by atoms with Crippen LogP contribution < -0.4 is 5.32 Å². The first-order valence-electron chi connectivity index (χ1n) is 5.16. The molecule has 0 aliphatic carbocycles. The number of nitrogens with zero attached hydrogens (tertiary/aromatic N) is 1. The molecule has 0 radical (unpaired) electrons. The highest BCUT2D eigenvalue weighted by Gasteiger charge is 2.19. The molecule has 1 aromatic carbocycles. The Hall–Kier alpha value is -1.96. The van der Waals surface area contributed by atoms with Crippen molar-refractivity contribution in [1.29, 1.82) is 0 Å². The number of carbonyl (C=O) groups is 1. The van der Waals surface area contributed by atoms with E-state index in [4.69, 9.17) is 0 Å². The van der Waals surface area contributed by atoms with E-state index < -0.39 is 40.6 Å². The second-order valence-electron chi connectivity index (χ2n) is 3.66. The summed E-state index contributed by atoms with van der Waals surface area (Å²) in [6.07, 6.45) is 0.863. The average molecular weight is 349 g/mol. The van der Waals surface area contributed by atoms with Gasteiger partial charge in [0.25, 0.3) is 5.91 Å². The molecule has 0 bridgehead atoms. The first kappa shape index (κ1) is 14.4. The Balaban J connectivity index is 2.36. The molecular formula is C12H5BrF4N2O. The lowest BCUT2D eigenvalue weighted by molar-refractivity contribution is 0.102. The third-order valence-corrected chi connectivity index (χ3v) is 2.79. The van der Waals surface area contributed by atoms with Crippen LogP contribution in [0.4, 0.5) is 23.2 Å². The Labute approximate surface area is 118 Å². The molecule has 2 aromatic rings. The lowest BCUT2D eigenvalue weighted by atomic mass is 10.2. The van der Waals surface area contributed by atoms with Crippen LogP contribution in [0.2, 0.25) is 0 Å². The van der Waals surface area contributed by atoms with Crippen LogP contribution in [0.15, 0.2) is 28.9 Å². The number of nitrogens with one attached hydrogen (secondary N) is 1.